The quantitative estimate of drug-likeness (QED) is 0.893. The van der Waals surface area contributed by atoms with Crippen molar-refractivity contribution < 1.29 is 13.5 Å². The number of aliphatic hydroxyl groups excluding tert-OH is 1. The van der Waals surface area contributed by atoms with Crippen LogP contribution >= 0.6 is 11.6 Å². The Morgan fingerprint density at radius 2 is 1.67 bits per heavy atom. The Hall–Kier alpha value is -0.620. The van der Waals surface area contributed by atoms with E-state index in [1.807, 2.05) is 0 Å². The summed E-state index contributed by atoms with van der Waals surface area (Å²) in [6.07, 6.45) is 2.35. The second-order valence-electron chi connectivity index (χ2n) is 4.58. The Labute approximate surface area is 112 Å². The Morgan fingerprint density at radius 3 is 2.22 bits per heavy atom. The highest BCUT2D eigenvalue weighted by atomic mass is 35.5. The van der Waals surface area contributed by atoms with E-state index >= 15 is 0 Å². The van der Waals surface area contributed by atoms with Crippen molar-refractivity contribution in [2.45, 2.75) is 42.7 Å². The maximum absolute atomic E-state index is 12.1. The number of nitrogens with one attached hydrogen (secondary N) is 1. The van der Waals surface area contributed by atoms with Gasteiger partial charge in [-0.2, -0.15) is 0 Å². The van der Waals surface area contributed by atoms with Gasteiger partial charge in [0.2, 0.25) is 10.0 Å². The van der Waals surface area contributed by atoms with Crippen molar-refractivity contribution in [1.29, 1.82) is 0 Å². The first-order valence-corrected chi connectivity index (χ1v) is 7.79. The van der Waals surface area contributed by atoms with E-state index in [4.69, 9.17) is 11.6 Å². The average Bonchev–Trinajstić information content (AvgIpc) is 2.32. The molecule has 0 spiro atoms. The highest BCUT2D eigenvalue weighted by molar-refractivity contribution is 7.89. The molecular formula is C12H16ClNO3S. The van der Waals surface area contributed by atoms with Gasteiger partial charge in [-0.3, -0.25) is 0 Å². The minimum atomic E-state index is -3.48. The maximum Gasteiger partial charge on any atom is 0.240 e. The highest BCUT2D eigenvalue weighted by Gasteiger charge is 2.24. The lowest BCUT2D eigenvalue weighted by molar-refractivity contribution is 0.120. The summed E-state index contributed by atoms with van der Waals surface area (Å²) in [7, 11) is -3.48. The molecule has 18 heavy (non-hydrogen) atoms. The van der Waals surface area contributed by atoms with Gasteiger partial charge in [0.15, 0.2) is 0 Å². The van der Waals surface area contributed by atoms with E-state index in [0.717, 1.165) is 0 Å². The summed E-state index contributed by atoms with van der Waals surface area (Å²) in [5.74, 6) is 0. The molecule has 0 unspecified atom stereocenters. The number of hydrogen-bond donors (Lipinski definition) is 2. The minimum absolute atomic E-state index is 0.0888. The van der Waals surface area contributed by atoms with Crippen LogP contribution in [0, 0.1) is 0 Å². The second-order valence-corrected chi connectivity index (χ2v) is 6.73. The van der Waals surface area contributed by atoms with Gasteiger partial charge < -0.3 is 5.11 Å². The summed E-state index contributed by atoms with van der Waals surface area (Å²) in [5, 5.41) is 9.89. The number of sulfonamides is 1. The molecule has 0 heterocycles. The summed E-state index contributed by atoms with van der Waals surface area (Å²) < 4.78 is 26.8. The molecule has 1 aliphatic rings. The fraction of sp³-hybridized carbons (Fsp3) is 0.500. The number of hydrogen-bond acceptors (Lipinski definition) is 3. The van der Waals surface area contributed by atoms with E-state index in [1.54, 1.807) is 12.1 Å². The monoisotopic (exact) mass is 289 g/mol. The number of halogens is 1. The predicted octanol–water partition coefficient (Wildman–Crippen LogP) is 1.92. The largest absolute Gasteiger partial charge is 0.393 e. The third-order valence-corrected chi connectivity index (χ3v) is 4.93. The van der Waals surface area contributed by atoms with Crippen LogP contribution in [0.25, 0.3) is 0 Å². The smallest absolute Gasteiger partial charge is 0.240 e. The first kappa shape index (κ1) is 13.8. The van der Waals surface area contributed by atoms with E-state index in [-0.39, 0.29) is 17.0 Å². The minimum Gasteiger partial charge on any atom is -0.393 e. The second kappa shape index (κ2) is 5.57. The van der Waals surface area contributed by atoms with Crippen LogP contribution < -0.4 is 4.72 Å². The van der Waals surface area contributed by atoms with Crippen molar-refractivity contribution in [3.63, 3.8) is 0 Å². The molecular weight excluding hydrogens is 274 g/mol. The Kier molecular flexibility index (Phi) is 4.27. The average molecular weight is 290 g/mol. The van der Waals surface area contributed by atoms with Gasteiger partial charge in [-0.15, -0.1) is 0 Å². The molecule has 0 aliphatic heterocycles. The van der Waals surface area contributed by atoms with Crippen molar-refractivity contribution in [3.05, 3.63) is 29.3 Å². The zero-order chi connectivity index (χ0) is 13.2. The summed E-state index contributed by atoms with van der Waals surface area (Å²) in [6.45, 7) is 0. The Morgan fingerprint density at radius 1 is 1.11 bits per heavy atom. The summed E-state index contributed by atoms with van der Waals surface area (Å²) in [4.78, 5) is 0.220. The van der Waals surface area contributed by atoms with Crippen molar-refractivity contribution in [2.75, 3.05) is 0 Å². The molecule has 0 saturated heterocycles. The molecule has 1 aliphatic carbocycles. The van der Waals surface area contributed by atoms with Gasteiger partial charge in [0.1, 0.15) is 0 Å². The third kappa shape index (κ3) is 3.45. The standard InChI is InChI=1S/C12H16ClNO3S/c13-9-1-7-12(8-2-9)18(16,17)14-10-3-5-11(15)6-4-10/h1-2,7-8,10-11,14-15H,3-6H2. The molecule has 0 bridgehead atoms. The highest BCUT2D eigenvalue weighted by Crippen LogP contribution is 2.21. The normalized spacial score (nSPS) is 25.0. The summed E-state index contributed by atoms with van der Waals surface area (Å²) in [5.41, 5.74) is 0. The maximum atomic E-state index is 12.1. The van der Waals surface area contributed by atoms with Gasteiger partial charge >= 0.3 is 0 Å². The van der Waals surface area contributed by atoms with Crippen LogP contribution in [0.15, 0.2) is 29.2 Å². The van der Waals surface area contributed by atoms with E-state index in [0.29, 0.717) is 30.7 Å². The van der Waals surface area contributed by atoms with Gasteiger partial charge in [0.05, 0.1) is 11.0 Å². The van der Waals surface area contributed by atoms with E-state index < -0.39 is 10.0 Å². The lowest BCUT2D eigenvalue weighted by atomic mass is 9.94. The van der Waals surface area contributed by atoms with Crippen LogP contribution in [0.1, 0.15) is 25.7 Å². The van der Waals surface area contributed by atoms with Crippen LogP contribution in [-0.4, -0.2) is 25.7 Å². The molecule has 2 N–H and O–H groups in total. The van der Waals surface area contributed by atoms with Crippen LogP contribution in [0.5, 0.6) is 0 Å². The first-order valence-electron chi connectivity index (χ1n) is 5.93. The van der Waals surface area contributed by atoms with Gasteiger partial charge in [-0.05, 0) is 49.9 Å². The van der Waals surface area contributed by atoms with E-state index in [2.05, 4.69) is 4.72 Å². The fourth-order valence-electron chi connectivity index (χ4n) is 2.09. The molecule has 0 atom stereocenters. The molecule has 1 aromatic rings. The molecule has 0 radical (unpaired) electrons. The molecule has 100 valence electrons. The third-order valence-electron chi connectivity index (χ3n) is 3.14. The topological polar surface area (TPSA) is 66.4 Å². The van der Waals surface area contributed by atoms with Crippen molar-refractivity contribution >= 4 is 21.6 Å². The molecule has 1 saturated carbocycles. The van der Waals surface area contributed by atoms with Crippen LogP contribution in [0.2, 0.25) is 5.02 Å². The van der Waals surface area contributed by atoms with Crippen molar-refractivity contribution in [1.82, 2.24) is 4.72 Å². The first-order chi connectivity index (χ1) is 8.47. The lowest BCUT2D eigenvalue weighted by Gasteiger charge is -2.25. The molecule has 1 fully saturated rings. The Bertz CT molecular complexity index is 493. The zero-order valence-corrected chi connectivity index (χ0v) is 11.4. The van der Waals surface area contributed by atoms with Gasteiger partial charge in [0, 0.05) is 11.1 Å². The molecule has 0 aromatic heterocycles. The van der Waals surface area contributed by atoms with Gasteiger partial charge in [-0.25, -0.2) is 13.1 Å². The van der Waals surface area contributed by atoms with Crippen LogP contribution in [0.4, 0.5) is 0 Å². The van der Waals surface area contributed by atoms with Crippen LogP contribution in [-0.2, 0) is 10.0 Å². The molecule has 0 amide bonds. The fourth-order valence-corrected chi connectivity index (χ4v) is 3.53. The van der Waals surface area contributed by atoms with Crippen LogP contribution in [0.3, 0.4) is 0 Å². The van der Waals surface area contributed by atoms with Gasteiger partial charge in [0.25, 0.3) is 0 Å². The predicted molar refractivity (Wildman–Crippen MR) is 70.0 cm³/mol. The molecule has 4 nitrogen and oxygen atoms in total. The number of aliphatic hydroxyl groups is 1. The van der Waals surface area contributed by atoms with E-state index in [1.165, 1.54) is 12.1 Å². The molecule has 2 rings (SSSR count). The Balaban J connectivity index is 2.05. The number of rotatable bonds is 3. The lowest BCUT2D eigenvalue weighted by Crippen LogP contribution is -2.38. The SMILES string of the molecule is O=S(=O)(NC1CCC(O)CC1)c1ccc(Cl)cc1. The van der Waals surface area contributed by atoms with Crippen molar-refractivity contribution in [2.24, 2.45) is 0 Å². The van der Waals surface area contributed by atoms with Gasteiger partial charge in [-0.1, -0.05) is 11.6 Å². The van der Waals surface area contributed by atoms with Crippen molar-refractivity contribution in [3.8, 4) is 0 Å². The molecule has 6 heteroatoms. The summed E-state index contributed by atoms with van der Waals surface area (Å²) in [6, 6.07) is 6.00. The summed E-state index contributed by atoms with van der Waals surface area (Å²) >= 11 is 5.73. The molecule has 1 aromatic carbocycles. The zero-order valence-electron chi connectivity index (χ0n) is 9.84. The number of benzene rings is 1. The van der Waals surface area contributed by atoms with E-state index in [9.17, 15) is 13.5 Å².